The lowest BCUT2D eigenvalue weighted by Gasteiger charge is -2.03. The van der Waals surface area contributed by atoms with Crippen molar-refractivity contribution in [2.75, 3.05) is 0 Å². The Morgan fingerprint density at radius 2 is 1.94 bits per heavy atom. The molecule has 0 atom stereocenters. The lowest BCUT2D eigenvalue weighted by molar-refractivity contribution is 0.421. The first kappa shape index (κ1) is 11.0. The van der Waals surface area contributed by atoms with E-state index in [0.717, 1.165) is 10.0 Å². The smallest absolute Gasteiger partial charge is 0.331 e. The number of imidazole rings is 1. The number of hydrogen-bond donors (Lipinski definition) is 1. The van der Waals surface area contributed by atoms with Crippen LogP contribution in [0.25, 0.3) is 0 Å². The Morgan fingerprint density at radius 1 is 1.31 bits per heavy atom. The Hall–Kier alpha value is -1.49. The summed E-state index contributed by atoms with van der Waals surface area (Å²) in [6.07, 6.45) is 1.40. The summed E-state index contributed by atoms with van der Waals surface area (Å²) in [6, 6.07) is 7.62. The van der Waals surface area contributed by atoms with Gasteiger partial charge in [-0.2, -0.15) is 0 Å². The van der Waals surface area contributed by atoms with Crippen molar-refractivity contribution in [3.8, 4) is 5.88 Å². The third-order valence-electron chi connectivity index (χ3n) is 2.37. The molecule has 1 aromatic heterocycles. The third-order valence-corrected chi connectivity index (χ3v) is 2.90. The van der Waals surface area contributed by atoms with Crippen LogP contribution < -0.4 is 5.69 Å². The van der Waals surface area contributed by atoms with Gasteiger partial charge in [-0.05, 0) is 17.7 Å². The van der Waals surface area contributed by atoms with E-state index in [9.17, 15) is 9.90 Å². The van der Waals surface area contributed by atoms with Crippen molar-refractivity contribution in [2.45, 2.75) is 6.54 Å². The van der Waals surface area contributed by atoms with Crippen LogP contribution in [0.3, 0.4) is 0 Å². The van der Waals surface area contributed by atoms with Gasteiger partial charge in [0.15, 0.2) is 0 Å². The van der Waals surface area contributed by atoms with Gasteiger partial charge < -0.3 is 5.11 Å². The van der Waals surface area contributed by atoms with Gasteiger partial charge in [0.05, 0.1) is 12.7 Å². The molecule has 0 radical (unpaired) electrons. The fraction of sp³-hybridized carbons (Fsp3) is 0.182. The van der Waals surface area contributed by atoms with Crippen molar-refractivity contribution in [1.29, 1.82) is 0 Å². The van der Waals surface area contributed by atoms with Crippen LogP contribution in [-0.2, 0) is 13.6 Å². The minimum absolute atomic E-state index is 0.0181. The maximum atomic E-state index is 11.6. The third kappa shape index (κ3) is 2.04. The topological polar surface area (TPSA) is 47.2 Å². The number of nitrogens with zero attached hydrogens (tertiary/aromatic N) is 2. The normalized spacial score (nSPS) is 10.6. The van der Waals surface area contributed by atoms with Crippen molar-refractivity contribution < 1.29 is 5.11 Å². The number of aryl methyl sites for hydroxylation is 1. The molecule has 0 bridgehead atoms. The highest BCUT2D eigenvalue weighted by molar-refractivity contribution is 9.10. The summed E-state index contributed by atoms with van der Waals surface area (Å²) in [5, 5.41) is 9.56. The van der Waals surface area contributed by atoms with E-state index in [1.807, 2.05) is 24.3 Å². The van der Waals surface area contributed by atoms with Gasteiger partial charge in [-0.15, -0.1) is 0 Å². The van der Waals surface area contributed by atoms with Crippen LogP contribution in [0.4, 0.5) is 0 Å². The van der Waals surface area contributed by atoms with Gasteiger partial charge in [-0.3, -0.25) is 9.13 Å². The lowest BCUT2D eigenvalue weighted by Crippen LogP contribution is -2.22. The number of halogens is 1. The average Bonchev–Trinajstić information content (AvgIpc) is 2.48. The highest BCUT2D eigenvalue weighted by atomic mass is 79.9. The number of rotatable bonds is 2. The van der Waals surface area contributed by atoms with Gasteiger partial charge in [0.2, 0.25) is 5.88 Å². The molecule has 0 fully saturated rings. The maximum absolute atomic E-state index is 11.6. The molecule has 0 aliphatic heterocycles. The van der Waals surface area contributed by atoms with Crippen LogP contribution in [0.2, 0.25) is 0 Å². The summed E-state index contributed by atoms with van der Waals surface area (Å²) in [4.78, 5) is 11.6. The molecule has 0 aliphatic rings. The van der Waals surface area contributed by atoms with Crippen molar-refractivity contribution >= 4 is 15.9 Å². The summed E-state index contributed by atoms with van der Waals surface area (Å²) >= 11 is 3.34. The average molecular weight is 283 g/mol. The van der Waals surface area contributed by atoms with E-state index in [1.165, 1.54) is 15.3 Å². The molecule has 0 saturated carbocycles. The molecule has 0 saturated heterocycles. The Bertz CT molecular complexity index is 554. The first-order valence-corrected chi connectivity index (χ1v) is 5.57. The van der Waals surface area contributed by atoms with Crippen LogP contribution in [0.5, 0.6) is 5.88 Å². The van der Waals surface area contributed by atoms with Gasteiger partial charge in [0, 0.05) is 11.5 Å². The minimum Gasteiger partial charge on any atom is -0.493 e. The zero-order chi connectivity index (χ0) is 11.7. The fourth-order valence-corrected chi connectivity index (χ4v) is 1.77. The predicted molar refractivity (Wildman–Crippen MR) is 64.6 cm³/mol. The minimum atomic E-state index is -0.222. The van der Waals surface area contributed by atoms with Crippen LogP contribution >= 0.6 is 15.9 Å². The number of hydrogen-bond acceptors (Lipinski definition) is 2. The second kappa shape index (κ2) is 4.17. The highest BCUT2D eigenvalue weighted by Crippen LogP contribution is 2.13. The molecule has 1 heterocycles. The first-order chi connectivity index (χ1) is 7.58. The lowest BCUT2D eigenvalue weighted by atomic mass is 10.2. The zero-order valence-electron chi connectivity index (χ0n) is 8.72. The number of benzene rings is 1. The van der Waals surface area contributed by atoms with Crippen molar-refractivity contribution in [3.63, 3.8) is 0 Å². The number of aromatic hydroxyl groups is 1. The molecule has 84 valence electrons. The molecule has 16 heavy (non-hydrogen) atoms. The zero-order valence-corrected chi connectivity index (χ0v) is 10.3. The standard InChI is InChI=1S/C11H11BrN2O2/c1-13-7-10(15)14(11(13)16)6-8-2-4-9(12)5-3-8/h2-5,7,15H,6H2,1H3. The second-order valence-electron chi connectivity index (χ2n) is 3.59. The maximum Gasteiger partial charge on any atom is 0.331 e. The van der Waals surface area contributed by atoms with Gasteiger partial charge in [-0.25, -0.2) is 4.79 Å². The summed E-state index contributed by atoms with van der Waals surface area (Å²) < 4.78 is 3.66. The van der Waals surface area contributed by atoms with E-state index in [-0.39, 0.29) is 11.6 Å². The van der Waals surface area contributed by atoms with Crippen molar-refractivity contribution in [1.82, 2.24) is 9.13 Å². The Kier molecular flexibility index (Phi) is 2.87. The van der Waals surface area contributed by atoms with Gasteiger partial charge >= 0.3 is 5.69 Å². The molecular weight excluding hydrogens is 272 g/mol. The largest absolute Gasteiger partial charge is 0.493 e. The van der Waals surface area contributed by atoms with E-state index in [1.54, 1.807) is 7.05 Å². The summed E-state index contributed by atoms with van der Waals surface area (Å²) in [6.45, 7) is 0.374. The second-order valence-corrected chi connectivity index (χ2v) is 4.51. The number of aromatic nitrogens is 2. The molecule has 1 aromatic carbocycles. The van der Waals surface area contributed by atoms with E-state index < -0.39 is 0 Å². The summed E-state index contributed by atoms with van der Waals surface area (Å²) in [5.41, 5.74) is 0.743. The molecule has 1 N–H and O–H groups in total. The molecular formula is C11H11BrN2O2. The van der Waals surface area contributed by atoms with E-state index in [0.29, 0.717) is 6.54 Å². The van der Waals surface area contributed by atoms with Crippen LogP contribution in [0.1, 0.15) is 5.56 Å². The molecule has 5 heteroatoms. The quantitative estimate of drug-likeness (QED) is 0.912. The van der Waals surface area contributed by atoms with Gasteiger partial charge in [-0.1, -0.05) is 28.1 Å². The molecule has 0 spiro atoms. The van der Waals surface area contributed by atoms with Crippen molar-refractivity contribution in [3.05, 3.63) is 51.0 Å². The van der Waals surface area contributed by atoms with Gasteiger partial charge in [0.1, 0.15) is 0 Å². The Balaban J connectivity index is 2.34. The molecule has 0 unspecified atom stereocenters. The van der Waals surface area contributed by atoms with Crippen LogP contribution in [0.15, 0.2) is 39.7 Å². The van der Waals surface area contributed by atoms with Gasteiger partial charge in [0.25, 0.3) is 0 Å². The summed E-state index contributed by atoms with van der Waals surface area (Å²) in [7, 11) is 1.61. The highest BCUT2D eigenvalue weighted by Gasteiger charge is 2.07. The van der Waals surface area contributed by atoms with Crippen LogP contribution in [0, 0.1) is 0 Å². The van der Waals surface area contributed by atoms with E-state index in [2.05, 4.69) is 15.9 Å². The first-order valence-electron chi connectivity index (χ1n) is 4.77. The van der Waals surface area contributed by atoms with Crippen molar-refractivity contribution in [2.24, 2.45) is 7.05 Å². The molecule has 0 aliphatic carbocycles. The fourth-order valence-electron chi connectivity index (χ4n) is 1.51. The summed E-state index contributed by atoms with van der Waals surface area (Å²) in [5.74, 6) is -0.0181. The van der Waals surface area contributed by atoms with Crippen LogP contribution in [-0.4, -0.2) is 14.2 Å². The van der Waals surface area contributed by atoms with E-state index in [4.69, 9.17) is 0 Å². The monoisotopic (exact) mass is 282 g/mol. The SMILES string of the molecule is Cn1cc(O)n(Cc2ccc(Br)cc2)c1=O. The molecule has 0 amide bonds. The molecule has 2 aromatic rings. The van der Waals surface area contributed by atoms with E-state index >= 15 is 0 Å². The Labute approximate surface area is 101 Å². The predicted octanol–water partition coefficient (Wildman–Crippen LogP) is 1.70. The Morgan fingerprint density at radius 3 is 2.44 bits per heavy atom. The molecule has 2 rings (SSSR count). The molecule has 4 nitrogen and oxygen atoms in total.